The number of nitrogens with zero attached hydrogens (tertiary/aromatic N) is 1. The highest BCUT2D eigenvalue weighted by Gasteiger charge is 2.32. The fraction of sp³-hybridized carbons (Fsp3) is 0.355. The standard InChI is InChI=1S/C31H35IN2O4/c1-37-28-14-8-11-24(19-28)21-34(30(35)22-38-27-17-15-25(32)16-18-27)29(20-23-9-4-2-5-10-23)31(36)33-26-12-6-3-7-13-26/h2,4-5,8-11,14-19,26,29H,3,6-7,12-13,20-22H2,1H3,(H,33,36)/t29-/m0/s1. The number of hydrogen-bond acceptors (Lipinski definition) is 4. The molecule has 4 rings (SSSR count). The third-order valence-corrected chi connectivity index (χ3v) is 7.60. The normalized spacial score (nSPS) is 14.4. The first-order valence-corrected chi connectivity index (χ1v) is 14.2. The van der Waals surface area contributed by atoms with E-state index in [1.807, 2.05) is 78.9 Å². The first-order valence-electron chi connectivity index (χ1n) is 13.2. The molecule has 1 atom stereocenters. The molecule has 200 valence electrons. The van der Waals surface area contributed by atoms with Gasteiger partial charge in [0.15, 0.2) is 6.61 Å². The molecule has 38 heavy (non-hydrogen) atoms. The molecule has 1 N–H and O–H groups in total. The van der Waals surface area contributed by atoms with Gasteiger partial charge in [0, 0.05) is 22.6 Å². The van der Waals surface area contributed by atoms with Gasteiger partial charge in [-0.3, -0.25) is 9.59 Å². The molecule has 0 saturated heterocycles. The van der Waals surface area contributed by atoms with Crippen LogP contribution in [0.1, 0.15) is 43.2 Å². The number of nitrogens with one attached hydrogen (secondary N) is 1. The summed E-state index contributed by atoms with van der Waals surface area (Å²) in [7, 11) is 1.62. The summed E-state index contributed by atoms with van der Waals surface area (Å²) in [4.78, 5) is 29.2. The first-order chi connectivity index (χ1) is 18.5. The number of benzene rings is 3. The maximum absolute atomic E-state index is 13.8. The van der Waals surface area contributed by atoms with E-state index in [9.17, 15) is 9.59 Å². The summed E-state index contributed by atoms with van der Waals surface area (Å²) in [6.45, 7) is 0.105. The molecule has 1 fully saturated rings. The van der Waals surface area contributed by atoms with Crippen molar-refractivity contribution >= 4 is 34.4 Å². The Hall–Kier alpha value is -3.07. The van der Waals surface area contributed by atoms with Crippen LogP contribution in [0.25, 0.3) is 0 Å². The van der Waals surface area contributed by atoms with Crippen LogP contribution in [0.2, 0.25) is 0 Å². The smallest absolute Gasteiger partial charge is 0.261 e. The third kappa shape index (κ3) is 8.21. The zero-order valence-electron chi connectivity index (χ0n) is 21.8. The Morgan fingerprint density at radius 2 is 1.63 bits per heavy atom. The van der Waals surface area contributed by atoms with Gasteiger partial charge in [0.2, 0.25) is 5.91 Å². The fourth-order valence-corrected chi connectivity index (χ4v) is 5.18. The van der Waals surface area contributed by atoms with Crippen molar-refractivity contribution in [3.8, 4) is 11.5 Å². The maximum Gasteiger partial charge on any atom is 0.261 e. The largest absolute Gasteiger partial charge is 0.497 e. The van der Waals surface area contributed by atoms with Gasteiger partial charge in [-0.25, -0.2) is 0 Å². The van der Waals surface area contributed by atoms with Crippen molar-refractivity contribution < 1.29 is 19.1 Å². The average Bonchev–Trinajstić information content (AvgIpc) is 2.95. The minimum Gasteiger partial charge on any atom is -0.497 e. The molecule has 1 aliphatic carbocycles. The Bertz CT molecular complexity index is 1180. The molecule has 0 heterocycles. The van der Waals surface area contributed by atoms with E-state index in [-0.39, 0.29) is 31.0 Å². The van der Waals surface area contributed by atoms with Crippen molar-refractivity contribution in [2.75, 3.05) is 13.7 Å². The van der Waals surface area contributed by atoms with E-state index in [4.69, 9.17) is 9.47 Å². The Kier molecular flexibility index (Phi) is 10.4. The van der Waals surface area contributed by atoms with E-state index in [1.165, 1.54) is 6.42 Å². The van der Waals surface area contributed by atoms with Gasteiger partial charge in [-0.2, -0.15) is 0 Å². The van der Waals surface area contributed by atoms with Crippen LogP contribution in [0.5, 0.6) is 11.5 Å². The predicted molar refractivity (Wildman–Crippen MR) is 157 cm³/mol. The van der Waals surface area contributed by atoms with Crippen LogP contribution < -0.4 is 14.8 Å². The lowest BCUT2D eigenvalue weighted by Gasteiger charge is -2.33. The molecule has 0 aromatic heterocycles. The summed E-state index contributed by atoms with van der Waals surface area (Å²) in [5.74, 6) is 0.958. The first kappa shape index (κ1) is 28.0. The highest BCUT2D eigenvalue weighted by molar-refractivity contribution is 14.1. The molecule has 0 unspecified atom stereocenters. The molecule has 0 aliphatic heterocycles. The minimum absolute atomic E-state index is 0.119. The number of rotatable bonds is 11. The molecule has 0 bridgehead atoms. The molecule has 1 aliphatic rings. The lowest BCUT2D eigenvalue weighted by molar-refractivity contribution is -0.143. The monoisotopic (exact) mass is 626 g/mol. The Labute approximate surface area is 238 Å². The number of amides is 2. The van der Waals surface area contributed by atoms with Crippen LogP contribution >= 0.6 is 22.6 Å². The van der Waals surface area contributed by atoms with E-state index in [1.54, 1.807) is 12.0 Å². The Balaban J connectivity index is 1.61. The Morgan fingerprint density at radius 1 is 0.921 bits per heavy atom. The van der Waals surface area contributed by atoms with Gasteiger partial charge in [-0.1, -0.05) is 61.7 Å². The van der Waals surface area contributed by atoms with Crippen molar-refractivity contribution in [3.63, 3.8) is 0 Å². The molecular weight excluding hydrogens is 591 g/mol. The summed E-state index contributed by atoms with van der Waals surface area (Å²) in [6.07, 6.45) is 5.80. The summed E-state index contributed by atoms with van der Waals surface area (Å²) >= 11 is 2.23. The van der Waals surface area contributed by atoms with Crippen LogP contribution in [0.3, 0.4) is 0 Å². The van der Waals surface area contributed by atoms with Gasteiger partial charge < -0.3 is 19.7 Å². The summed E-state index contributed by atoms with van der Waals surface area (Å²) in [5, 5.41) is 3.26. The summed E-state index contributed by atoms with van der Waals surface area (Å²) < 4.78 is 12.4. The van der Waals surface area contributed by atoms with Crippen LogP contribution in [-0.2, 0) is 22.6 Å². The molecular formula is C31H35IN2O4. The summed E-state index contributed by atoms with van der Waals surface area (Å²) in [6, 6.07) is 24.5. The molecule has 0 radical (unpaired) electrons. The van der Waals surface area contributed by atoms with E-state index >= 15 is 0 Å². The van der Waals surface area contributed by atoms with Crippen molar-refractivity contribution in [3.05, 3.63) is 93.6 Å². The average molecular weight is 627 g/mol. The fourth-order valence-electron chi connectivity index (χ4n) is 4.82. The molecule has 3 aromatic carbocycles. The van der Waals surface area contributed by atoms with Gasteiger partial charge >= 0.3 is 0 Å². The SMILES string of the molecule is COc1cccc(CN(C(=O)COc2ccc(I)cc2)[C@@H](Cc2ccccc2)C(=O)NC2CCCCC2)c1. The van der Waals surface area contributed by atoms with Crippen LogP contribution in [0, 0.1) is 3.57 Å². The zero-order chi connectivity index (χ0) is 26.7. The Morgan fingerprint density at radius 3 is 2.34 bits per heavy atom. The molecule has 6 nitrogen and oxygen atoms in total. The summed E-state index contributed by atoms with van der Waals surface area (Å²) in [5.41, 5.74) is 1.88. The molecule has 3 aromatic rings. The molecule has 0 spiro atoms. The van der Waals surface area contributed by atoms with Gasteiger partial charge in [0.25, 0.3) is 5.91 Å². The van der Waals surface area contributed by atoms with Gasteiger partial charge in [-0.05, 0) is 83.0 Å². The second-order valence-electron chi connectivity index (χ2n) is 9.66. The van der Waals surface area contributed by atoms with Crippen LogP contribution in [-0.4, -0.2) is 42.5 Å². The van der Waals surface area contributed by atoms with Crippen molar-refractivity contribution in [1.82, 2.24) is 10.2 Å². The minimum atomic E-state index is -0.682. The topological polar surface area (TPSA) is 67.9 Å². The van der Waals surface area contributed by atoms with E-state index in [0.717, 1.165) is 40.4 Å². The molecule has 2 amide bonds. The third-order valence-electron chi connectivity index (χ3n) is 6.89. The van der Waals surface area contributed by atoms with Crippen molar-refractivity contribution in [2.45, 2.75) is 57.2 Å². The number of carbonyl (C=O) groups excluding carboxylic acids is 2. The van der Waals surface area contributed by atoms with E-state index in [0.29, 0.717) is 17.9 Å². The predicted octanol–water partition coefficient (Wildman–Crippen LogP) is 5.77. The quantitative estimate of drug-likeness (QED) is 0.275. The number of methoxy groups -OCH3 is 1. The van der Waals surface area contributed by atoms with Gasteiger partial charge in [-0.15, -0.1) is 0 Å². The molecule has 7 heteroatoms. The second-order valence-corrected chi connectivity index (χ2v) is 10.9. The van der Waals surface area contributed by atoms with Crippen molar-refractivity contribution in [2.24, 2.45) is 0 Å². The lowest BCUT2D eigenvalue weighted by Crippen LogP contribution is -2.53. The van der Waals surface area contributed by atoms with Gasteiger partial charge in [0.05, 0.1) is 7.11 Å². The lowest BCUT2D eigenvalue weighted by atomic mass is 9.94. The zero-order valence-corrected chi connectivity index (χ0v) is 23.9. The van der Waals surface area contributed by atoms with E-state index < -0.39 is 6.04 Å². The van der Waals surface area contributed by atoms with Crippen LogP contribution in [0.15, 0.2) is 78.9 Å². The molecule has 1 saturated carbocycles. The number of carbonyl (C=O) groups is 2. The second kappa shape index (κ2) is 14.2. The number of hydrogen-bond donors (Lipinski definition) is 1. The van der Waals surface area contributed by atoms with Crippen LogP contribution in [0.4, 0.5) is 0 Å². The van der Waals surface area contributed by atoms with E-state index in [2.05, 4.69) is 27.9 Å². The van der Waals surface area contributed by atoms with Gasteiger partial charge in [0.1, 0.15) is 17.5 Å². The maximum atomic E-state index is 13.8. The van der Waals surface area contributed by atoms with Crippen molar-refractivity contribution in [1.29, 1.82) is 0 Å². The highest BCUT2D eigenvalue weighted by atomic mass is 127. The highest BCUT2D eigenvalue weighted by Crippen LogP contribution is 2.21. The number of halogens is 1. The number of ether oxygens (including phenoxy) is 2.